The second-order valence-corrected chi connectivity index (χ2v) is 5.35. The molecule has 1 aliphatic carbocycles. The van der Waals surface area contributed by atoms with Gasteiger partial charge < -0.3 is 15.0 Å². The van der Waals surface area contributed by atoms with Gasteiger partial charge in [0.2, 0.25) is 0 Å². The van der Waals surface area contributed by atoms with Crippen LogP contribution in [0.25, 0.3) is 0 Å². The van der Waals surface area contributed by atoms with Crippen molar-refractivity contribution in [3.05, 3.63) is 12.4 Å². The molecule has 1 fully saturated rings. The van der Waals surface area contributed by atoms with Crippen LogP contribution < -0.4 is 5.32 Å². The van der Waals surface area contributed by atoms with Gasteiger partial charge in [-0.15, -0.1) is 0 Å². The summed E-state index contributed by atoms with van der Waals surface area (Å²) in [5.74, 6) is -0.00377. The third kappa shape index (κ3) is 2.32. The van der Waals surface area contributed by atoms with Crippen molar-refractivity contribution in [3.63, 3.8) is 0 Å². The number of carboxylic acids is 1. The molecule has 0 amide bonds. The summed E-state index contributed by atoms with van der Waals surface area (Å²) >= 11 is 1.49. The lowest BCUT2D eigenvalue weighted by atomic mass is 9.96. The first-order valence-corrected chi connectivity index (χ1v) is 6.61. The van der Waals surface area contributed by atoms with Gasteiger partial charge >= 0.3 is 5.97 Å². The van der Waals surface area contributed by atoms with Crippen molar-refractivity contribution in [2.75, 3.05) is 12.8 Å². The molecule has 1 aromatic heterocycles. The minimum Gasteiger partial charge on any atom is -0.480 e. The maximum Gasteiger partial charge on any atom is 0.325 e. The lowest BCUT2D eigenvalue weighted by Gasteiger charge is -2.28. The number of hydrogen-bond acceptors (Lipinski definition) is 4. The first kappa shape index (κ1) is 12.4. The van der Waals surface area contributed by atoms with Gasteiger partial charge in [-0.25, -0.2) is 4.98 Å². The van der Waals surface area contributed by atoms with Gasteiger partial charge in [0.05, 0.1) is 0 Å². The molecule has 0 aliphatic heterocycles. The van der Waals surface area contributed by atoms with Crippen molar-refractivity contribution in [2.24, 2.45) is 13.0 Å². The Morgan fingerprint density at radius 2 is 2.47 bits per heavy atom. The van der Waals surface area contributed by atoms with Gasteiger partial charge in [0.25, 0.3) is 0 Å². The molecule has 6 heteroatoms. The largest absolute Gasteiger partial charge is 0.480 e. The van der Waals surface area contributed by atoms with E-state index < -0.39 is 11.5 Å². The highest BCUT2D eigenvalue weighted by atomic mass is 32.2. The zero-order valence-electron chi connectivity index (χ0n) is 10.0. The van der Waals surface area contributed by atoms with E-state index in [9.17, 15) is 9.90 Å². The number of imidazole rings is 1. The topological polar surface area (TPSA) is 67.2 Å². The summed E-state index contributed by atoms with van der Waals surface area (Å²) in [6.45, 7) is 0. The van der Waals surface area contributed by atoms with Crippen LogP contribution in [0.3, 0.4) is 0 Å². The van der Waals surface area contributed by atoms with Crippen LogP contribution in [0.15, 0.2) is 17.6 Å². The van der Waals surface area contributed by atoms with Crippen LogP contribution in [0, 0.1) is 5.92 Å². The fraction of sp³-hybridized carbons (Fsp3) is 0.636. The average Bonchev–Trinajstić information content (AvgIpc) is 3.05. The first-order chi connectivity index (χ1) is 8.10. The molecule has 0 spiro atoms. The molecule has 1 heterocycles. The van der Waals surface area contributed by atoms with Gasteiger partial charge in [-0.1, -0.05) is 11.8 Å². The van der Waals surface area contributed by atoms with Crippen LogP contribution in [-0.4, -0.2) is 39.0 Å². The summed E-state index contributed by atoms with van der Waals surface area (Å²) in [6, 6.07) is 0. The fourth-order valence-corrected chi connectivity index (χ4v) is 3.24. The van der Waals surface area contributed by atoms with Gasteiger partial charge in [0.1, 0.15) is 5.54 Å². The van der Waals surface area contributed by atoms with E-state index in [4.69, 9.17) is 0 Å². The predicted octanol–water partition coefficient (Wildman–Crippen LogP) is 0.965. The molecule has 1 saturated carbocycles. The molecular weight excluding hydrogens is 238 g/mol. The molecule has 0 aromatic carbocycles. The molecule has 0 bridgehead atoms. The predicted molar refractivity (Wildman–Crippen MR) is 66.1 cm³/mol. The van der Waals surface area contributed by atoms with Gasteiger partial charge in [0.15, 0.2) is 5.16 Å². The summed E-state index contributed by atoms with van der Waals surface area (Å²) in [5.41, 5.74) is -0.809. The van der Waals surface area contributed by atoms with Crippen molar-refractivity contribution in [2.45, 2.75) is 23.5 Å². The SMILES string of the molecule is CNC(CSc1nccn1C)(C(=O)O)C1CC1. The average molecular weight is 255 g/mol. The molecule has 1 unspecified atom stereocenters. The Bertz CT molecular complexity index is 417. The third-order valence-electron chi connectivity index (χ3n) is 3.31. The fourth-order valence-electron chi connectivity index (χ4n) is 1.98. The van der Waals surface area contributed by atoms with E-state index in [1.807, 2.05) is 17.8 Å². The van der Waals surface area contributed by atoms with Gasteiger partial charge in [-0.2, -0.15) is 0 Å². The van der Waals surface area contributed by atoms with Gasteiger partial charge in [-0.3, -0.25) is 4.79 Å². The number of likely N-dealkylation sites (N-methyl/N-ethyl adjacent to an activating group) is 1. The number of carboxylic acid groups (broad SMARTS) is 1. The monoisotopic (exact) mass is 255 g/mol. The Labute approximate surface area is 105 Å². The Balaban J connectivity index is 2.08. The third-order valence-corrected chi connectivity index (χ3v) is 4.56. The normalized spacial score (nSPS) is 18.9. The summed E-state index contributed by atoms with van der Waals surface area (Å²) in [4.78, 5) is 15.7. The molecule has 1 atom stereocenters. The zero-order valence-corrected chi connectivity index (χ0v) is 10.8. The number of rotatable bonds is 6. The molecular formula is C11H17N3O2S. The molecule has 2 N–H and O–H groups in total. The van der Waals surface area contributed by atoms with Crippen LogP contribution in [-0.2, 0) is 11.8 Å². The van der Waals surface area contributed by atoms with Crippen molar-refractivity contribution in [1.29, 1.82) is 0 Å². The highest BCUT2D eigenvalue weighted by molar-refractivity contribution is 7.99. The van der Waals surface area contributed by atoms with E-state index in [2.05, 4.69) is 10.3 Å². The van der Waals surface area contributed by atoms with E-state index >= 15 is 0 Å². The van der Waals surface area contributed by atoms with Crippen molar-refractivity contribution in [1.82, 2.24) is 14.9 Å². The van der Waals surface area contributed by atoms with E-state index in [0.29, 0.717) is 5.75 Å². The van der Waals surface area contributed by atoms with E-state index in [-0.39, 0.29) is 5.92 Å². The van der Waals surface area contributed by atoms with Crippen LogP contribution in [0.1, 0.15) is 12.8 Å². The Morgan fingerprint density at radius 3 is 2.88 bits per heavy atom. The summed E-state index contributed by atoms with van der Waals surface area (Å²) in [5, 5.41) is 13.3. The standard InChI is InChI=1S/C11H17N3O2S/c1-12-11(9(15)16,8-3-4-8)7-17-10-13-5-6-14(10)2/h5-6,8,12H,3-4,7H2,1-2H3,(H,15,16). The van der Waals surface area contributed by atoms with Crippen LogP contribution >= 0.6 is 11.8 Å². The zero-order chi connectivity index (χ0) is 12.5. The van der Waals surface area contributed by atoms with Crippen molar-refractivity contribution >= 4 is 17.7 Å². The minimum atomic E-state index is -0.809. The number of thioether (sulfide) groups is 1. The number of aliphatic carboxylic acids is 1. The van der Waals surface area contributed by atoms with Gasteiger partial charge in [-0.05, 0) is 25.8 Å². The van der Waals surface area contributed by atoms with Crippen molar-refractivity contribution < 1.29 is 9.90 Å². The number of hydrogen-bond donors (Lipinski definition) is 2. The second-order valence-electron chi connectivity index (χ2n) is 4.41. The molecule has 5 nitrogen and oxygen atoms in total. The van der Waals surface area contributed by atoms with Crippen molar-refractivity contribution in [3.8, 4) is 0 Å². The maximum absolute atomic E-state index is 11.5. The van der Waals surface area contributed by atoms with E-state index in [1.54, 1.807) is 13.2 Å². The number of nitrogens with one attached hydrogen (secondary N) is 1. The molecule has 0 saturated heterocycles. The summed E-state index contributed by atoms with van der Waals surface area (Å²) < 4.78 is 1.90. The molecule has 2 rings (SSSR count). The van der Waals surface area contributed by atoms with E-state index in [1.165, 1.54) is 11.8 Å². The maximum atomic E-state index is 11.5. The molecule has 1 aromatic rings. The highest BCUT2D eigenvalue weighted by Crippen LogP contribution is 2.42. The number of carbonyl (C=O) groups is 1. The summed E-state index contributed by atoms with van der Waals surface area (Å²) in [7, 11) is 3.64. The second kappa shape index (κ2) is 4.70. The number of aryl methyl sites for hydroxylation is 1. The van der Waals surface area contributed by atoms with Gasteiger partial charge in [0, 0.05) is 25.2 Å². The lowest BCUT2D eigenvalue weighted by Crippen LogP contribution is -2.54. The molecule has 1 aliphatic rings. The smallest absolute Gasteiger partial charge is 0.325 e. The first-order valence-electron chi connectivity index (χ1n) is 5.62. The summed E-state index contributed by atoms with van der Waals surface area (Å²) in [6.07, 6.45) is 5.57. The minimum absolute atomic E-state index is 0.248. The van der Waals surface area contributed by atoms with Crippen LogP contribution in [0.2, 0.25) is 0 Å². The Kier molecular flexibility index (Phi) is 3.44. The Morgan fingerprint density at radius 1 is 1.76 bits per heavy atom. The number of aromatic nitrogens is 2. The van der Waals surface area contributed by atoms with Crippen LogP contribution in [0.4, 0.5) is 0 Å². The molecule has 17 heavy (non-hydrogen) atoms. The Hall–Kier alpha value is -1.01. The molecule has 94 valence electrons. The quantitative estimate of drug-likeness (QED) is 0.741. The number of nitrogens with zero attached hydrogens (tertiary/aromatic N) is 2. The van der Waals surface area contributed by atoms with E-state index in [0.717, 1.165) is 18.0 Å². The van der Waals surface area contributed by atoms with Crippen LogP contribution in [0.5, 0.6) is 0 Å². The lowest BCUT2D eigenvalue weighted by molar-refractivity contribution is -0.144. The molecule has 0 radical (unpaired) electrons. The highest BCUT2D eigenvalue weighted by Gasteiger charge is 2.50.